The minimum Gasteiger partial charge on any atom is -0.310 e. The SMILES string of the molecule is CC(CS(=O)(=O)CC(=O)c1ccccn1)C(=O)N([C@H](N)[C@@H](C)Cc1ccccc1)S(=O)(=O)c1ccc2scnc2c1. The average Bonchev–Trinajstić information content (AvgIpc) is 3.41. The lowest BCUT2D eigenvalue weighted by Gasteiger charge is -2.34. The topological polar surface area (TPSA) is 157 Å². The molecule has 1 unspecified atom stereocenters. The Morgan fingerprint density at radius 3 is 2.34 bits per heavy atom. The molecule has 0 bridgehead atoms. The van der Waals surface area contributed by atoms with E-state index in [2.05, 4.69) is 9.97 Å². The number of pyridine rings is 1. The van der Waals surface area contributed by atoms with Gasteiger partial charge in [0, 0.05) is 6.20 Å². The molecule has 2 heterocycles. The molecule has 0 radical (unpaired) electrons. The summed E-state index contributed by atoms with van der Waals surface area (Å²) in [4.78, 5) is 34.1. The number of sulfone groups is 1. The second-order valence-electron chi connectivity index (χ2n) is 9.87. The van der Waals surface area contributed by atoms with Crippen LogP contribution in [0.1, 0.15) is 29.9 Å². The zero-order valence-corrected chi connectivity index (χ0v) is 24.9. The second kappa shape index (κ2) is 12.6. The molecule has 3 atom stereocenters. The van der Waals surface area contributed by atoms with E-state index < -0.39 is 61.1 Å². The van der Waals surface area contributed by atoms with Crippen LogP contribution >= 0.6 is 11.3 Å². The fraction of sp³-hybridized carbons (Fsp3) is 0.286. The number of nitrogens with zero attached hydrogens (tertiary/aromatic N) is 3. The van der Waals surface area contributed by atoms with Gasteiger partial charge in [-0.1, -0.05) is 50.2 Å². The van der Waals surface area contributed by atoms with Crippen LogP contribution in [0.15, 0.2) is 83.3 Å². The van der Waals surface area contributed by atoms with Crippen molar-refractivity contribution in [3.63, 3.8) is 0 Å². The Hall–Kier alpha value is -3.52. The van der Waals surface area contributed by atoms with Crippen LogP contribution in [0.4, 0.5) is 0 Å². The number of amides is 1. The van der Waals surface area contributed by atoms with Crippen LogP contribution in [0.25, 0.3) is 10.2 Å². The summed E-state index contributed by atoms with van der Waals surface area (Å²) in [5, 5.41) is 0. The molecule has 0 spiro atoms. The van der Waals surface area contributed by atoms with Crippen molar-refractivity contribution in [2.45, 2.75) is 31.3 Å². The lowest BCUT2D eigenvalue weighted by Crippen LogP contribution is -2.55. The summed E-state index contributed by atoms with van der Waals surface area (Å²) in [6, 6.07) is 18.2. The third-order valence-electron chi connectivity index (χ3n) is 6.56. The molecular weight excluding hydrogens is 585 g/mol. The van der Waals surface area contributed by atoms with Crippen LogP contribution in [-0.2, 0) is 31.1 Å². The van der Waals surface area contributed by atoms with E-state index in [0.29, 0.717) is 16.2 Å². The van der Waals surface area contributed by atoms with Crippen LogP contribution in [0.2, 0.25) is 0 Å². The van der Waals surface area contributed by atoms with E-state index in [0.717, 1.165) is 10.3 Å². The number of carbonyl (C=O) groups is 2. The first kappa shape index (κ1) is 30.4. The Morgan fingerprint density at radius 1 is 0.951 bits per heavy atom. The quantitative estimate of drug-likeness (QED) is 0.187. The number of carbonyl (C=O) groups excluding carboxylic acids is 2. The zero-order valence-electron chi connectivity index (χ0n) is 22.5. The van der Waals surface area contributed by atoms with Gasteiger partial charge in [-0.05, 0) is 48.2 Å². The van der Waals surface area contributed by atoms with Crippen LogP contribution in [-0.4, -0.2) is 60.5 Å². The van der Waals surface area contributed by atoms with E-state index in [1.807, 2.05) is 30.3 Å². The molecule has 0 saturated heterocycles. The Balaban J connectivity index is 1.63. The largest absolute Gasteiger partial charge is 0.310 e. The van der Waals surface area contributed by atoms with Gasteiger partial charge in [0.15, 0.2) is 15.6 Å². The maximum atomic E-state index is 14.0. The van der Waals surface area contributed by atoms with Crippen molar-refractivity contribution in [2.75, 3.05) is 11.5 Å². The smallest absolute Gasteiger partial charge is 0.267 e. The number of nitrogens with two attached hydrogens (primary N) is 1. The molecule has 0 saturated carbocycles. The van der Waals surface area contributed by atoms with Gasteiger partial charge < -0.3 is 5.73 Å². The Morgan fingerprint density at radius 2 is 1.66 bits per heavy atom. The molecule has 13 heteroatoms. The summed E-state index contributed by atoms with van der Waals surface area (Å²) in [5.74, 6) is -5.16. The number of aromatic nitrogens is 2. The molecule has 0 fully saturated rings. The zero-order chi connectivity index (χ0) is 29.8. The molecule has 1 amide bonds. The van der Waals surface area contributed by atoms with Crippen LogP contribution < -0.4 is 5.73 Å². The van der Waals surface area contributed by atoms with Crippen molar-refractivity contribution in [2.24, 2.45) is 17.6 Å². The highest BCUT2D eigenvalue weighted by molar-refractivity contribution is 7.92. The minimum atomic E-state index is -4.52. The number of ketones is 1. The molecule has 0 aliphatic carbocycles. The molecule has 41 heavy (non-hydrogen) atoms. The maximum Gasteiger partial charge on any atom is 0.267 e. The van der Waals surface area contributed by atoms with Crippen LogP contribution in [0.3, 0.4) is 0 Å². The van der Waals surface area contributed by atoms with Gasteiger partial charge in [-0.3, -0.25) is 14.6 Å². The highest BCUT2D eigenvalue weighted by atomic mass is 32.2. The predicted octanol–water partition coefficient (Wildman–Crippen LogP) is 3.31. The molecule has 2 aromatic carbocycles. The number of hydrogen-bond acceptors (Lipinski definition) is 10. The number of fused-ring (bicyclic) bond motifs is 1. The monoisotopic (exact) mass is 614 g/mol. The maximum absolute atomic E-state index is 14.0. The van der Waals surface area contributed by atoms with Gasteiger partial charge in [0.25, 0.3) is 10.0 Å². The van der Waals surface area contributed by atoms with Gasteiger partial charge in [-0.15, -0.1) is 11.3 Å². The predicted molar refractivity (Wildman–Crippen MR) is 157 cm³/mol. The van der Waals surface area contributed by atoms with Gasteiger partial charge in [0.2, 0.25) is 5.91 Å². The summed E-state index contributed by atoms with van der Waals surface area (Å²) >= 11 is 1.34. The van der Waals surface area contributed by atoms with E-state index in [1.165, 1.54) is 42.7 Å². The number of Topliss-reactive ketones (excluding diaryl/α,β-unsaturated/α-hetero) is 1. The fourth-order valence-electron chi connectivity index (χ4n) is 4.40. The highest BCUT2D eigenvalue weighted by Gasteiger charge is 2.40. The van der Waals surface area contributed by atoms with Gasteiger partial charge in [-0.2, -0.15) is 0 Å². The first-order chi connectivity index (χ1) is 19.4. The Labute approximate surface area is 243 Å². The summed E-state index contributed by atoms with van der Waals surface area (Å²) in [6.45, 7) is 3.04. The number of hydrogen-bond donors (Lipinski definition) is 1. The molecule has 10 nitrogen and oxygen atoms in total. The van der Waals surface area contributed by atoms with E-state index in [9.17, 15) is 26.4 Å². The van der Waals surface area contributed by atoms with Gasteiger partial charge in [-0.25, -0.2) is 26.1 Å². The van der Waals surface area contributed by atoms with E-state index in [1.54, 1.807) is 30.6 Å². The van der Waals surface area contributed by atoms with Crippen LogP contribution in [0.5, 0.6) is 0 Å². The first-order valence-corrected chi connectivity index (χ1v) is 16.9. The molecule has 4 rings (SSSR count). The summed E-state index contributed by atoms with van der Waals surface area (Å²) in [6.07, 6.45) is 0.437. The summed E-state index contributed by atoms with van der Waals surface area (Å²) < 4.78 is 55.1. The van der Waals surface area contributed by atoms with Gasteiger partial charge in [0.1, 0.15) is 11.4 Å². The standard InChI is InChI=1S/C28H30N4O6S3/c1-19(14-21-8-4-3-5-9-21)27(29)32(41(37,38)22-11-12-26-24(15-22)31-18-39-26)28(34)20(2)16-40(35,36)17-25(33)23-10-6-7-13-30-23/h3-13,15,18-20,27H,14,16-17,29H2,1-2H3/t19-,20?,27-/m0/s1. The van der Waals surface area contributed by atoms with E-state index in [4.69, 9.17) is 5.73 Å². The summed E-state index contributed by atoms with van der Waals surface area (Å²) in [5.41, 5.74) is 9.38. The Kier molecular flexibility index (Phi) is 9.32. The summed E-state index contributed by atoms with van der Waals surface area (Å²) in [7, 11) is -8.64. The third kappa shape index (κ3) is 7.22. The molecule has 4 aromatic rings. The normalized spacial score (nSPS) is 14.3. The van der Waals surface area contributed by atoms with Crippen molar-refractivity contribution in [1.29, 1.82) is 0 Å². The lowest BCUT2D eigenvalue weighted by molar-refractivity contribution is -0.131. The third-order valence-corrected chi connectivity index (χ3v) is 10.9. The molecule has 0 aliphatic heterocycles. The Bertz CT molecular complexity index is 1740. The van der Waals surface area contributed by atoms with Gasteiger partial charge >= 0.3 is 0 Å². The molecule has 2 aromatic heterocycles. The molecule has 2 N–H and O–H groups in total. The molecular formula is C28H30N4O6S3. The number of rotatable bonds is 12. The van der Waals surface area contributed by atoms with Crippen molar-refractivity contribution in [3.05, 3.63) is 89.7 Å². The van der Waals surface area contributed by atoms with Crippen molar-refractivity contribution in [3.8, 4) is 0 Å². The van der Waals surface area contributed by atoms with Crippen molar-refractivity contribution >= 4 is 53.1 Å². The highest BCUT2D eigenvalue weighted by Crippen LogP contribution is 2.28. The van der Waals surface area contributed by atoms with Crippen LogP contribution in [0, 0.1) is 11.8 Å². The first-order valence-electron chi connectivity index (χ1n) is 12.7. The average molecular weight is 615 g/mol. The fourth-order valence-corrected chi connectivity index (χ4v) is 8.31. The number of benzene rings is 2. The molecule has 216 valence electrons. The number of thiazole rings is 1. The van der Waals surface area contributed by atoms with E-state index in [-0.39, 0.29) is 10.6 Å². The van der Waals surface area contributed by atoms with Crippen molar-refractivity contribution < 1.29 is 26.4 Å². The molecule has 0 aliphatic rings. The second-order valence-corrected chi connectivity index (χ2v) is 14.7. The minimum absolute atomic E-state index is 0.0200. The number of sulfonamides is 1. The van der Waals surface area contributed by atoms with E-state index >= 15 is 0 Å². The van der Waals surface area contributed by atoms with Crippen molar-refractivity contribution in [1.82, 2.24) is 14.3 Å². The van der Waals surface area contributed by atoms with Gasteiger partial charge in [0.05, 0.1) is 38.5 Å². The lowest BCUT2D eigenvalue weighted by atomic mass is 9.98.